The average molecular weight is 403 g/mol. The number of nitrogens with one attached hydrogen (secondary N) is 1. The van der Waals surface area contributed by atoms with Crippen molar-refractivity contribution in [1.29, 1.82) is 0 Å². The Morgan fingerprint density at radius 1 is 1.22 bits per heavy atom. The smallest absolute Gasteiger partial charge is 0.338 e. The number of esters is 1. The first-order chi connectivity index (χ1) is 13.2. The molecule has 1 aromatic carbocycles. The molecule has 0 atom stereocenters. The standard InChI is InChI=1S/C18H17N3O4S2/c22-16(19-7-9-26-11-15-2-1-8-27-15)10-24-18(23)14-5-3-13(4-6-14)17-21-20-12-25-17/h1-6,8,12H,7,9-11H2,(H,19,22). The first-order valence-corrected chi connectivity index (χ1v) is 10.2. The first-order valence-electron chi connectivity index (χ1n) is 8.13. The van der Waals surface area contributed by atoms with Gasteiger partial charge in [-0.1, -0.05) is 6.07 Å². The summed E-state index contributed by atoms with van der Waals surface area (Å²) >= 11 is 3.46. The summed E-state index contributed by atoms with van der Waals surface area (Å²) in [7, 11) is 0. The third-order valence-corrected chi connectivity index (χ3v) is 5.52. The lowest BCUT2D eigenvalue weighted by Crippen LogP contribution is -2.30. The Kier molecular flexibility index (Phi) is 7.00. The highest BCUT2D eigenvalue weighted by Gasteiger charge is 2.11. The highest BCUT2D eigenvalue weighted by molar-refractivity contribution is 7.98. The molecular weight excluding hydrogens is 386 g/mol. The Hall–Kier alpha value is -2.65. The van der Waals surface area contributed by atoms with E-state index in [1.54, 1.807) is 47.4 Å². The molecule has 0 aliphatic rings. The van der Waals surface area contributed by atoms with Gasteiger partial charge in [-0.15, -0.1) is 21.5 Å². The Morgan fingerprint density at radius 2 is 2.07 bits per heavy atom. The normalized spacial score (nSPS) is 10.5. The van der Waals surface area contributed by atoms with E-state index < -0.39 is 5.97 Å². The Morgan fingerprint density at radius 3 is 2.78 bits per heavy atom. The summed E-state index contributed by atoms with van der Waals surface area (Å²) in [6.45, 7) is 0.227. The van der Waals surface area contributed by atoms with Gasteiger partial charge in [-0.25, -0.2) is 4.79 Å². The van der Waals surface area contributed by atoms with E-state index in [-0.39, 0.29) is 12.5 Å². The van der Waals surface area contributed by atoms with Crippen LogP contribution >= 0.6 is 23.1 Å². The predicted molar refractivity (Wildman–Crippen MR) is 104 cm³/mol. The summed E-state index contributed by atoms with van der Waals surface area (Å²) in [4.78, 5) is 25.1. The lowest BCUT2D eigenvalue weighted by Gasteiger charge is -2.07. The van der Waals surface area contributed by atoms with Crippen molar-refractivity contribution in [3.63, 3.8) is 0 Å². The number of hydrogen-bond acceptors (Lipinski definition) is 8. The summed E-state index contributed by atoms with van der Waals surface area (Å²) in [5.41, 5.74) is 1.04. The summed E-state index contributed by atoms with van der Waals surface area (Å²) in [6.07, 6.45) is 1.23. The fraction of sp³-hybridized carbons (Fsp3) is 0.222. The molecule has 0 saturated heterocycles. The zero-order chi connectivity index (χ0) is 18.9. The zero-order valence-electron chi connectivity index (χ0n) is 14.3. The molecule has 27 heavy (non-hydrogen) atoms. The minimum Gasteiger partial charge on any atom is -0.452 e. The van der Waals surface area contributed by atoms with Crippen LogP contribution < -0.4 is 5.32 Å². The van der Waals surface area contributed by atoms with E-state index in [1.165, 1.54) is 11.3 Å². The van der Waals surface area contributed by atoms with Crippen molar-refractivity contribution in [3.8, 4) is 11.5 Å². The molecule has 3 rings (SSSR count). The Bertz CT molecular complexity index is 849. The zero-order valence-corrected chi connectivity index (χ0v) is 15.9. The molecule has 7 nitrogen and oxygen atoms in total. The molecule has 0 fully saturated rings. The van der Waals surface area contributed by atoms with E-state index >= 15 is 0 Å². The predicted octanol–water partition coefficient (Wildman–Crippen LogP) is 3.00. The second kappa shape index (κ2) is 9.89. The minimum absolute atomic E-state index is 0.306. The number of aromatic nitrogens is 2. The third kappa shape index (κ3) is 5.93. The van der Waals surface area contributed by atoms with Crippen LogP contribution in [-0.2, 0) is 15.3 Å². The average Bonchev–Trinajstić information content (AvgIpc) is 3.40. The molecule has 0 aliphatic heterocycles. The summed E-state index contributed by atoms with van der Waals surface area (Å²) in [5, 5.41) is 12.2. The molecule has 140 valence electrons. The number of benzene rings is 1. The molecule has 9 heteroatoms. The quantitative estimate of drug-likeness (QED) is 0.433. The van der Waals surface area contributed by atoms with Gasteiger partial charge in [0.1, 0.15) is 0 Å². The van der Waals surface area contributed by atoms with Crippen LogP contribution in [0.3, 0.4) is 0 Å². The van der Waals surface area contributed by atoms with Crippen LogP contribution in [-0.4, -0.2) is 41.0 Å². The van der Waals surface area contributed by atoms with E-state index in [1.807, 2.05) is 11.4 Å². The molecule has 0 aliphatic carbocycles. The van der Waals surface area contributed by atoms with Gasteiger partial charge in [0.05, 0.1) is 5.56 Å². The van der Waals surface area contributed by atoms with Crippen LogP contribution in [0.5, 0.6) is 0 Å². The van der Waals surface area contributed by atoms with Crippen molar-refractivity contribution in [2.24, 2.45) is 0 Å². The Balaban J connectivity index is 1.34. The van der Waals surface area contributed by atoms with Gasteiger partial charge in [-0.3, -0.25) is 4.79 Å². The first kappa shape index (κ1) is 19.1. The second-order valence-corrected chi connectivity index (χ2v) is 7.52. The van der Waals surface area contributed by atoms with Crippen LogP contribution in [0.4, 0.5) is 0 Å². The molecule has 2 aromatic heterocycles. The number of carbonyl (C=O) groups excluding carboxylic acids is 2. The maximum Gasteiger partial charge on any atom is 0.338 e. The van der Waals surface area contributed by atoms with Gasteiger partial charge in [-0.05, 0) is 35.7 Å². The fourth-order valence-electron chi connectivity index (χ4n) is 2.14. The number of hydrogen-bond donors (Lipinski definition) is 1. The molecule has 0 unspecified atom stereocenters. The monoisotopic (exact) mass is 403 g/mol. The van der Waals surface area contributed by atoms with Crippen molar-refractivity contribution in [1.82, 2.24) is 15.5 Å². The summed E-state index contributed by atoms with van der Waals surface area (Å²) in [6, 6.07) is 10.6. The van der Waals surface area contributed by atoms with Gasteiger partial charge in [0, 0.05) is 28.5 Å². The lowest BCUT2D eigenvalue weighted by atomic mass is 10.1. The molecule has 3 aromatic rings. The van der Waals surface area contributed by atoms with Gasteiger partial charge in [0.2, 0.25) is 12.3 Å². The molecule has 0 bridgehead atoms. The third-order valence-electron chi connectivity index (χ3n) is 3.45. The summed E-state index contributed by atoms with van der Waals surface area (Å²) in [5.74, 6) is 1.22. The number of thiophene rings is 1. The van der Waals surface area contributed by atoms with Crippen LogP contribution in [0.25, 0.3) is 11.5 Å². The van der Waals surface area contributed by atoms with Crippen molar-refractivity contribution < 1.29 is 18.7 Å². The van der Waals surface area contributed by atoms with E-state index in [9.17, 15) is 9.59 Å². The maximum atomic E-state index is 12.0. The van der Waals surface area contributed by atoms with Crippen LogP contribution in [0.1, 0.15) is 15.2 Å². The lowest BCUT2D eigenvalue weighted by molar-refractivity contribution is -0.124. The molecule has 0 saturated carbocycles. The fourth-order valence-corrected chi connectivity index (χ4v) is 3.84. The maximum absolute atomic E-state index is 12.0. The Labute approximate surface area is 164 Å². The van der Waals surface area contributed by atoms with Gasteiger partial charge >= 0.3 is 5.97 Å². The van der Waals surface area contributed by atoms with E-state index in [2.05, 4.69) is 21.6 Å². The molecule has 1 N–H and O–H groups in total. The summed E-state index contributed by atoms with van der Waals surface area (Å²) < 4.78 is 10.1. The largest absolute Gasteiger partial charge is 0.452 e. The van der Waals surface area contributed by atoms with Gasteiger partial charge < -0.3 is 14.5 Å². The number of thioether (sulfide) groups is 1. The van der Waals surface area contributed by atoms with Crippen LogP contribution in [0.15, 0.2) is 52.6 Å². The highest BCUT2D eigenvalue weighted by atomic mass is 32.2. The van der Waals surface area contributed by atoms with Crippen molar-refractivity contribution in [3.05, 3.63) is 58.6 Å². The molecule has 1 amide bonds. The topological polar surface area (TPSA) is 94.3 Å². The number of nitrogens with zero attached hydrogens (tertiary/aromatic N) is 2. The number of ether oxygens (including phenoxy) is 1. The molecule has 0 spiro atoms. The van der Waals surface area contributed by atoms with Crippen molar-refractivity contribution in [2.45, 2.75) is 5.75 Å². The number of amides is 1. The highest BCUT2D eigenvalue weighted by Crippen LogP contribution is 2.17. The SMILES string of the molecule is O=C(COC(=O)c1ccc(-c2nnco2)cc1)NCCSCc1cccs1. The van der Waals surface area contributed by atoms with Gasteiger partial charge in [0.15, 0.2) is 6.61 Å². The van der Waals surface area contributed by atoms with Crippen molar-refractivity contribution in [2.75, 3.05) is 18.9 Å². The number of rotatable bonds is 9. The molecule has 0 radical (unpaired) electrons. The van der Waals surface area contributed by atoms with Crippen LogP contribution in [0, 0.1) is 0 Å². The van der Waals surface area contributed by atoms with E-state index in [4.69, 9.17) is 9.15 Å². The van der Waals surface area contributed by atoms with Gasteiger partial charge in [-0.2, -0.15) is 11.8 Å². The second-order valence-electron chi connectivity index (χ2n) is 5.38. The molecule has 2 heterocycles. The van der Waals surface area contributed by atoms with Crippen molar-refractivity contribution >= 4 is 35.0 Å². The minimum atomic E-state index is -0.561. The van der Waals surface area contributed by atoms with Gasteiger partial charge in [0.25, 0.3) is 5.91 Å². The van der Waals surface area contributed by atoms with E-state index in [0.717, 1.165) is 11.5 Å². The molecular formula is C18H17N3O4S2. The van der Waals surface area contributed by atoms with E-state index in [0.29, 0.717) is 23.6 Å². The van der Waals surface area contributed by atoms with Crippen LogP contribution in [0.2, 0.25) is 0 Å². The number of carbonyl (C=O) groups is 2.